The van der Waals surface area contributed by atoms with Crippen molar-refractivity contribution in [2.24, 2.45) is 0 Å². The number of anilines is 2. The maximum absolute atomic E-state index is 12.3. The molecule has 0 radical (unpaired) electrons. The Labute approximate surface area is 160 Å². The molecule has 0 atom stereocenters. The first-order valence-corrected chi connectivity index (χ1v) is 10.2. The van der Waals surface area contributed by atoms with Crippen LogP contribution in [0, 0.1) is 0 Å². The summed E-state index contributed by atoms with van der Waals surface area (Å²) < 4.78 is 34.8. The summed E-state index contributed by atoms with van der Waals surface area (Å²) in [6.45, 7) is -0.121. The van der Waals surface area contributed by atoms with Gasteiger partial charge in [-0.05, 0) is 30.3 Å². The highest BCUT2D eigenvalue weighted by molar-refractivity contribution is 9.10. The molecule has 0 spiro atoms. The van der Waals surface area contributed by atoms with Gasteiger partial charge in [0, 0.05) is 16.8 Å². The molecule has 7 nitrogen and oxygen atoms in total. The number of nitrogens with one attached hydrogen (secondary N) is 2. The standard InChI is InChI=1S/C17H19BrN2O5S/c1-24-12-5-7-15(25-2)14(9-12)20-17(21)10-19-13-6-4-11(18)8-16(13)26(3,22)23/h4-9,19H,10H2,1-3H3,(H,20,21). The van der Waals surface area contributed by atoms with E-state index in [0.717, 1.165) is 6.26 Å². The van der Waals surface area contributed by atoms with Crippen LogP contribution in [0.15, 0.2) is 45.8 Å². The van der Waals surface area contributed by atoms with E-state index in [1.54, 1.807) is 30.3 Å². The number of benzene rings is 2. The summed E-state index contributed by atoms with van der Waals surface area (Å²) in [5.41, 5.74) is 0.807. The lowest BCUT2D eigenvalue weighted by molar-refractivity contribution is -0.114. The Morgan fingerprint density at radius 3 is 2.42 bits per heavy atom. The molecule has 0 fully saturated rings. The van der Waals surface area contributed by atoms with E-state index >= 15 is 0 Å². The van der Waals surface area contributed by atoms with Crippen LogP contribution in [-0.4, -0.2) is 41.3 Å². The third-order valence-electron chi connectivity index (χ3n) is 3.46. The van der Waals surface area contributed by atoms with Gasteiger partial charge < -0.3 is 20.1 Å². The number of rotatable bonds is 7. The van der Waals surface area contributed by atoms with Crippen molar-refractivity contribution < 1.29 is 22.7 Å². The number of halogens is 1. The fourth-order valence-electron chi connectivity index (χ4n) is 2.23. The van der Waals surface area contributed by atoms with Crippen LogP contribution in [0.2, 0.25) is 0 Å². The van der Waals surface area contributed by atoms with Crippen LogP contribution in [0.25, 0.3) is 0 Å². The van der Waals surface area contributed by atoms with Crippen molar-refractivity contribution in [2.45, 2.75) is 4.90 Å². The number of carbonyl (C=O) groups excluding carboxylic acids is 1. The summed E-state index contributed by atoms with van der Waals surface area (Å²) in [6.07, 6.45) is 1.11. The van der Waals surface area contributed by atoms with Gasteiger partial charge in [-0.15, -0.1) is 0 Å². The maximum atomic E-state index is 12.3. The molecule has 0 saturated heterocycles. The Bertz CT molecular complexity index is 915. The van der Waals surface area contributed by atoms with Crippen molar-refractivity contribution >= 4 is 43.0 Å². The van der Waals surface area contributed by atoms with Crippen LogP contribution >= 0.6 is 15.9 Å². The number of carbonyl (C=O) groups is 1. The van der Waals surface area contributed by atoms with Gasteiger partial charge in [-0.3, -0.25) is 4.79 Å². The lowest BCUT2D eigenvalue weighted by Gasteiger charge is -2.14. The molecule has 140 valence electrons. The first kappa shape index (κ1) is 20.1. The molecule has 0 bridgehead atoms. The quantitative estimate of drug-likeness (QED) is 0.684. The molecule has 1 amide bonds. The van der Waals surface area contributed by atoms with E-state index in [4.69, 9.17) is 9.47 Å². The third kappa shape index (κ3) is 5.12. The zero-order valence-electron chi connectivity index (χ0n) is 14.5. The number of hydrogen-bond donors (Lipinski definition) is 2. The normalized spacial score (nSPS) is 10.9. The van der Waals surface area contributed by atoms with E-state index in [0.29, 0.717) is 27.3 Å². The van der Waals surface area contributed by atoms with E-state index in [2.05, 4.69) is 26.6 Å². The van der Waals surface area contributed by atoms with Crippen molar-refractivity contribution in [3.05, 3.63) is 40.9 Å². The van der Waals surface area contributed by atoms with Crippen LogP contribution in [0.4, 0.5) is 11.4 Å². The van der Waals surface area contributed by atoms with Gasteiger partial charge >= 0.3 is 0 Å². The van der Waals surface area contributed by atoms with Crippen LogP contribution in [0.1, 0.15) is 0 Å². The second-order valence-electron chi connectivity index (χ2n) is 5.38. The minimum Gasteiger partial charge on any atom is -0.497 e. The third-order valence-corrected chi connectivity index (χ3v) is 5.09. The van der Waals surface area contributed by atoms with Crippen LogP contribution in [-0.2, 0) is 14.6 Å². The molecule has 9 heteroatoms. The van der Waals surface area contributed by atoms with Gasteiger partial charge in [-0.1, -0.05) is 15.9 Å². The van der Waals surface area contributed by atoms with Gasteiger partial charge in [-0.2, -0.15) is 0 Å². The van der Waals surface area contributed by atoms with Crippen molar-refractivity contribution in [3.63, 3.8) is 0 Å². The van der Waals surface area contributed by atoms with Crippen LogP contribution in [0.3, 0.4) is 0 Å². The number of ether oxygens (including phenoxy) is 2. The van der Waals surface area contributed by atoms with Gasteiger partial charge in [0.15, 0.2) is 9.84 Å². The smallest absolute Gasteiger partial charge is 0.243 e. The summed E-state index contributed by atoms with van der Waals surface area (Å²) in [5.74, 6) is 0.694. The Balaban J connectivity index is 2.13. The molecule has 2 N–H and O–H groups in total. The SMILES string of the molecule is COc1ccc(OC)c(NC(=O)CNc2ccc(Br)cc2S(C)(=O)=O)c1. The van der Waals surface area contributed by atoms with Crippen LogP contribution in [0.5, 0.6) is 11.5 Å². The molecule has 0 aromatic heterocycles. The number of methoxy groups -OCH3 is 2. The summed E-state index contributed by atoms with van der Waals surface area (Å²) >= 11 is 3.25. The van der Waals surface area contributed by atoms with E-state index in [1.807, 2.05) is 0 Å². The summed E-state index contributed by atoms with van der Waals surface area (Å²) in [6, 6.07) is 9.81. The Kier molecular flexibility index (Phi) is 6.49. The fraction of sp³-hybridized carbons (Fsp3) is 0.235. The molecule has 0 aliphatic carbocycles. The lowest BCUT2D eigenvalue weighted by Crippen LogP contribution is -2.22. The molecule has 0 unspecified atom stereocenters. The van der Waals surface area contributed by atoms with Crippen molar-refractivity contribution in [1.29, 1.82) is 0 Å². The molecule has 2 rings (SSSR count). The molecule has 0 heterocycles. The molecule has 26 heavy (non-hydrogen) atoms. The predicted octanol–water partition coefficient (Wildman–Crippen LogP) is 2.92. The van der Waals surface area contributed by atoms with Crippen molar-refractivity contribution in [1.82, 2.24) is 0 Å². The van der Waals surface area contributed by atoms with Gasteiger partial charge in [-0.25, -0.2) is 8.42 Å². The Hall–Kier alpha value is -2.26. The fourth-order valence-corrected chi connectivity index (χ4v) is 3.62. The molecule has 0 aliphatic rings. The highest BCUT2D eigenvalue weighted by Crippen LogP contribution is 2.29. The molecule has 0 saturated carbocycles. The first-order chi connectivity index (χ1) is 12.2. The van der Waals surface area contributed by atoms with Crippen LogP contribution < -0.4 is 20.1 Å². The highest BCUT2D eigenvalue weighted by atomic mass is 79.9. The zero-order valence-corrected chi connectivity index (χ0v) is 16.9. The average molecular weight is 443 g/mol. The maximum Gasteiger partial charge on any atom is 0.243 e. The monoisotopic (exact) mass is 442 g/mol. The van der Waals surface area contributed by atoms with Gasteiger partial charge in [0.05, 0.1) is 37.0 Å². The van der Waals surface area contributed by atoms with Gasteiger partial charge in [0.2, 0.25) is 5.91 Å². The number of sulfone groups is 1. The predicted molar refractivity (Wildman–Crippen MR) is 104 cm³/mol. The Morgan fingerprint density at radius 1 is 1.08 bits per heavy atom. The molecule has 2 aromatic rings. The topological polar surface area (TPSA) is 93.7 Å². The lowest BCUT2D eigenvalue weighted by atomic mass is 10.2. The molecule has 2 aromatic carbocycles. The minimum absolute atomic E-state index is 0.110. The Morgan fingerprint density at radius 2 is 1.81 bits per heavy atom. The van der Waals surface area contributed by atoms with Crippen molar-refractivity contribution in [2.75, 3.05) is 37.7 Å². The molecular formula is C17H19BrN2O5S. The van der Waals surface area contributed by atoms with E-state index in [1.165, 1.54) is 20.3 Å². The molecular weight excluding hydrogens is 424 g/mol. The second kappa shape index (κ2) is 8.41. The first-order valence-electron chi connectivity index (χ1n) is 7.50. The van der Waals surface area contributed by atoms with Crippen molar-refractivity contribution in [3.8, 4) is 11.5 Å². The van der Waals surface area contributed by atoms with Gasteiger partial charge in [0.25, 0.3) is 0 Å². The zero-order chi connectivity index (χ0) is 19.3. The largest absolute Gasteiger partial charge is 0.497 e. The van der Waals surface area contributed by atoms with E-state index < -0.39 is 9.84 Å². The van der Waals surface area contributed by atoms with Gasteiger partial charge in [0.1, 0.15) is 11.5 Å². The number of amides is 1. The average Bonchev–Trinajstić information content (AvgIpc) is 2.59. The highest BCUT2D eigenvalue weighted by Gasteiger charge is 2.15. The molecule has 0 aliphatic heterocycles. The second-order valence-corrected chi connectivity index (χ2v) is 8.28. The minimum atomic E-state index is -3.44. The summed E-state index contributed by atoms with van der Waals surface area (Å²) in [4.78, 5) is 12.4. The van der Waals surface area contributed by atoms with E-state index in [-0.39, 0.29) is 17.3 Å². The summed E-state index contributed by atoms with van der Waals surface area (Å²) in [5, 5.41) is 5.56. The van der Waals surface area contributed by atoms with E-state index in [9.17, 15) is 13.2 Å². The number of hydrogen-bond acceptors (Lipinski definition) is 6. The summed E-state index contributed by atoms with van der Waals surface area (Å²) in [7, 11) is -0.424.